The quantitative estimate of drug-likeness (QED) is 0.609. The van der Waals surface area contributed by atoms with Gasteiger partial charge in [-0.2, -0.15) is 4.90 Å². The van der Waals surface area contributed by atoms with Gasteiger partial charge in [0.2, 0.25) is 0 Å². The summed E-state index contributed by atoms with van der Waals surface area (Å²) >= 11 is 0. The molecule has 0 N–H and O–H groups in total. The van der Waals surface area contributed by atoms with Gasteiger partial charge in [0.15, 0.2) is 0 Å². The maximum atomic E-state index is 2.73. The highest BCUT2D eigenvalue weighted by Crippen LogP contribution is 2.35. The van der Waals surface area contributed by atoms with E-state index in [0.29, 0.717) is 11.1 Å². The first-order valence-electron chi connectivity index (χ1n) is 6.18. The number of unbranched alkanes of at least 4 members (excludes halogenated alkanes) is 1. The van der Waals surface area contributed by atoms with Crippen molar-refractivity contribution in [2.45, 2.75) is 77.8 Å². The third-order valence-electron chi connectivity index (χ3n) is 3.77. The van der Waals surface area contributed by atoms with E-state index < -0.39 is 0 Å². The van der Waals surface area contributed by atoms with E-state index in [0.717, 1.165) is 0 Å². The highest BCUT2D eigenvalue weighted by Gasteiger charge is 2.49. The monoisotopic (exact) mass is 197 g/mol. The molecule has 0 aliphatic carbocycles. The molecule has 0 amide bonds. The summed E-state index contributed by atoms with van der Waals surface area (Å²) in [6, 6.07) is 0. The lowest BCUT2D eigenvalue weighted by molar-refractivity contribution is 0.0612. The van der Waals surface area contributed by atoms with Gasteiger partial charge in [0, 0.05) is 19.3 Å². The van der Waals surface area contributed by atoms with Crippen LogP contribution in [0.4, 0.5) is 0 Å². The summed E-state index contributed by atoms with van der Waals surface area (Å²) in [6.45, 7) is 13.2. The number of hydrogen-bond donors (Lipinski definition) is 0. The van der Waals surface area contributed by atoms with Crippen molar-refractivity contribution in [2.75, 3.05) is 6.54 Å². The average molecular weight is 197 g/mol. The molecule has 83 valence electrons. The molecule has 1 fully saturated rings. The summed E-state index contributed by atoms with van der Waals surface area (Å²) in [5, 5.41) is 0. The van der Waals surface area contributed by atoms with Gasteiger partial charge in [-0.25, -0.2) is 0 Å². The van der Waals surface area contributed by atoms with Crippen LogP contribution in [-0.2, 0) is 0 Å². The zero-order chi connectivity index (χ0) is 10.8. The van der Waals surface area contributed by atoms with Crippen LogP contribution in [-0.4, -0.2) is 17.6 Å². The summed E-state index contributed by atoms with van der Waals surface area (Å²) in [7, 11) is 0. The lowest BCUT2D eigenvalue weighted by Gasteiger charge is -2.43. The molecule has 0 spiro atoms. The molecule has 0 saturated carbocycles. The van der Waals surface area contributed by atoms with E-state index in [1.807, 2.05) is 0 Å². The summed E-state index contributed by atoms with van der Waals surface area (Å²) in [5.41, 5.74) is 0.827. The van der Waals surface area contributed by atoms with Crippen molar-refractivity contribution >= 4 is 0 Å². The summed E-state index contributed by atoms with van der Waals surface area (Å²) < 4.78 is 0. The third-order valence-corrected chi connectivity index (χ3v) is 3.77. The van der Waals surface area contributed by atoms with E-state index in [9.17, 15) is 0 Å². The number of piperidine rings is 1. The fourth-order valence-electron chi connectivity index (χ4n) is 2.96. The van der Waals surface area contributed by atoms with Crippen LogP contribution < -0.4 is 4.90 Å². The van der Waals surface area contributed by atoms with Gasteiger partial charge in [0.25, 0.3) is 0 Å². The first-order chi connectivity index (χ1) is 6.40. The first kappa shape index (κ1) is 12.0. The predicted molar refractivity (Wildman–Crippen MR) is 63.9 cm³/mol. The molecule has 1 aliphatic heterocycles. The van der Waals surface area contributed by atoms with Gasteiger partial charge >= 0.3 is 0 Å². The van der Waals surface area contributed by atoms with Crippen LogP contribution in [0.3, 0.4) is 0 Å². The van der Waals surface area contributed by atoms with Crippen LogP contribution in [0.15, 0.2) is 0 Å². The minimum atomic E-state index is 0.414. The SMILES string of the molecule is CCCC[N+]1C(C)(C)CCCC1(C)C. The van der Waals surface area contributed by atoms with Gasteiger partial charge < -0.3 is 0 Å². The van der Waals surface area contributed by atoms with Crippen LogP contribution in [0.1, 0.15) is 66.7 Å². The summed E-state index contributed by atoms with van der Waals surface area (Å²) in [6.07, 6.45) is 6.76. The van der Waals surface area contributed by atoms with Crippen molar-refractivity contribution < 1.29 is 0 Å². The Morgan fingerprint density at radius 3 is 1.93 bits per heavy atom. The van der Waals surface area contributed by atoms with Gasteiger partial charge in [-0.3, -0.25) is 0 Å². The van der Waals surface area contributed by atoms with Crippen LogP contribution >= 0.6 is 0 Å². The van der Waals surface area contributed by atoms with Gasteiger partial charge in [-0.1, -0.05) is 13.3 Å². The fraction of sp³-hybridized carbons (Fsp3) is 1.00. The molecule has 1 heteroatoms. The van der Waals surface area contributed by atoms with Crippen molar-refractivity contribution in [2.24, 2.45) is 0 Å². The van der Waals surface area contributed by atoms with Gasteiger partial charge in [0.1, 0.15) is 17.6 Å². The lowest BCUT2D eigenvalue weighted by atomic mass is 9.79. The molecule has 1 saturated heterocycles. The molecule has 1 nitrogen and oxygen atoms in total. The largest absolute Gasteiger partial charge is 0.160 e. The van der Waals surface area contributed by atoms with Gasteiger partial charge in [-0.15, -0.1) is 0 Å². The van der Waals surface area contributed by atoms with Crippen molar-refractivity contribution in [1.82, 2.24) is 4.90 Å². The Bertz CT molecular complexity index is 166. The minimum absolute atomic E-state index is 0.414. The molecule has 1 heterocycles. The number of rotatable bonds is 3. The van der Waals surface area contributed by atoms with E-state index in [2.05, 4.69) is 39.5 Å². The number of likely N-dealkylation sites (tertiary alicyclic amines) is 1. The van der Waals surface area contributed by atoms with E-state index in [1.165, 1.54) is 38.6 Å². The molecule has 0 aromatic carbocycles. The van der Waals surface area contributed by atoms with Crippen molar-refractivity contribution in [3.05, 3.63) is 0 Å². The molecular formula is C13H27N+. The van der Waals surface area contributed by atoms with Crippen LogP contribution in [0.2, 0.25) is 0 Å². The Balaban J connectivity index is 2.70. The molecule has 1 aliphatic rings. The molecule has 0 bridgehead atoms. The maximum Gasteiger partial charge on any atom is 0.137 e. The minimum Gasteiger partial charge on any atom is -0.160 e. The zero-order valence-corrected chi connectivity index (χ0v) is 10.7. The second kappa shape index (κ2) is 4.22. The molecule has 0 aromatic rings. The molecule has 14 heavy (non-hydrogen) atoms. The van der Waals surface area contributed by atoms with E-state index in [1.54, 1.807) is 0 Å². The smallest absolute Gasteiger partial charge is 0.137 e. The Kier molecular flexibility index (Phi) is 3.63. The van der Waals surface area contributed by atoms with Crippen LogP contribution in [0, 0.1) is 0 Å². The third kappa shape index (κ3) is 2.50. The van der Waals surface area contributed by atoms with Crippen LogP contribution in [0.25, 0.3) is 0 Å². The molecule has 1 rings (SSSR count). The zero-order valence-electron chi connectivity index (χ0n) is 10.7. The van der Waals surface area contributed by atoms with Gasteiger partial charge in [0.05, 0.1) is 0 Å². The second-order valence-electron chi connectivity index (χ2n) is 5.98. The Labute approximate surface area is 89.9 Å². The maximum absolute atomic E-state index is 2.73. The van der Waals surface area contributed by atoms with E-state index in [4.69, 9.17) is 0 Å². The second-order valence-corrected chi connectivity index (χ2v) is 5.98. The average Bonchev–Trinajstić information content (AvgIpc) is 2.01. The van der Waals surface area contributed by atoms with Gasteiger partial charge in [-0.05, 0) is 34.1 Å². The lowest BCUT2D eigenvalue weighted by Crippen LogP contribution is -2.63. The molecule has 1 radical (unpaired) electrons. The standard InChI is InChI=1S/C13H27N/c1-6-7-11-14-12(2,3)9-8-10-13(14,4)5/h6-11H2,1-5H3/q+1. The van der Waals surface area contributed by atoms with Crippen molar-refractivity contribution in [3.8, 4) is 0 Å². The highest BCUT2D eigenvalue weighted by atomic mass is 15.3. The predicted octanol–water partition coefficient (Wildman–Crippen LogP) is 3.67. The van der Waals surface area contributed by atoms with Crippen molar-refractivity contribution in [3.63, 3.8) is 0 Å². The summed E-state index contributed by atoms with van der Waals surface area (Å²) in [4.78, 5) is 2.73. The Hall–Kier alpha value is -0.0400. The topological polar surface area (TPSA) is 5.90 Å². The van der Waals surface area contributed by atoms with E-state index >= 15 is 0 Å². The first-order valence-corrected chi connectivity index (χ1v) is 6.18. The van der Waals surface area contributed by atoms with Crippen LogP contribution in [0.5, 0.6) is 0 Å². The summed E-state index contributed by atoms with van der Waals surface area (Å²) in [5.74, 6) is 0. The molecular weight excluding hydrogens is 170 g/mol. The van der Waals surface area contributed by atoms with Crippen molar-refractivity contribution in [1.29, 1.82) is 0 Å². The number of hydrogen-bond acceptors (Lipinski definition) is 1. The Morgan fingerprint density at radius 2 is 1.50 bits per heavy atom. The molecule has 0 atom stereocenters. The Morgan fingerprint density at radius 1 is 1.00 bits per heavy atom. The van der Waals surface area contributed by atoms with E-state index in [-0.39, 0.29) is 0 Å². The fourth-order valence-corrected chi connectivity index (χ4v) is 2.96. The highest BCUT2D eigenvalue weighted by molar-refractivity contribution is 5.00. The normalized spacial score (nSPS) is 26.4. The molecule has 0 aromatic heterocycles. The number of nitrogens with zero attached hydrogens (tertiary/aromatic N) is 1. The molecule has 0 unspecified atom stereocenters.